The molecule has 1 saturated heterocycles. The normalized spacial score (nSPS) is 24.3. The smallest absolute Gasteiger partial charge is 0.310 e. The van der Waals surface area contributed by atoms with Gasteiger partial charge in [0.1, 0.15) is 0 Å². The van der Waals surface area contributed by atoms with E-state index < -0.39 is 0 Å². The average Bonchev–Trinajstić information content (AvgIpc) is 2.18. The number of hydrogen-bond donors (Lipinski definition) is 0. The van der Waals surface area contributed by atoms with E-state index in [9.17, 15) is 4.79 Å². The molecule has 0 radical (unpaired) electrons. The number of ether oxygens (including phenoxy) is 1. The highest BCUT2D eigenvalue weighted by Gasteiger charge is 2.25. The summed E-state index contributed by atoms with van der Waals surface area (Å²) in [4.78, 5) is 13.7. The molecule has 1 heterocycles. The summed E-state index contributed by atoms with van der Waals surface area (Å²) in [5, 5.41) is 0. The molecule has 0 aromatic carbocycles. The molecule has 1 rings (SSSR count). The van der Waals surface area contributed by atoms with E-state index in [1.807, 2.05) is 6.92 Å². The van der Waals surface area contributed by atoms with Gasteiger partial charge in [0.2, 0.25) is 0 Å². The summed E-state index contributed by atoms with van der Waals surface area (Å²) in [5.41, 5.74) is 0. The first-order chi connectivity index (χ1) is 6.27. The number of esters is 1. The molecule has 0 spiro atoms. The molecule has 1 fully saturated rings. The van der Waals surface area contributed by atoms with Gasteiger partial charge in [-0.15, -0.1) is 0 Å². The van der Waals surface area contributed by atoms with E-state index in [4.69, 9.17) is 4.74 Å². The standard InChI is InChI=1S/C10H19NO2/c1-3-11-7-5-6-9(8-11)10(12)13-4-2/h9H,3-8H2,1-2H3/t9-/m0/s1. The summed E-state index contributed by atoms with van der Waals surface area (Å²) >= 11 is 0. The molecule has 13 heavy (non-hydrogen) atoms. The third kappa shape index (κ3) is 2.99. The van der Waals surface area contributed by atoms with Crippen LogP contribution in [0.4, 0.5) is 0 Å². The van der Waals surface area contributed by atoms with Gasteiger partial charge >= 0.3 is 5.97 Å². The van der Waals surface area contributed by atoms with E-state index in [1.54, 1.807) is 0 Å². The highest BCUT2D eigenvalue weighted by atomic mass is 16.5. The fourth-order valence-corrected chi connectivity index (χ4v) is 1.80. The van der Waals surface area contributed by atoms with Crippen molar-refractivity contribution in [2.24, 2.45) is 5.92 Å². The molecule has 0 aliphatic carbocycles. The maximum atomic E-state index is 11.4. The lowest BCUT2D eigenvalue weighted by molar-refractivity contribution is -0.149. The van der Waals surface area contributed by atoms with Crippen LogP contribution in [0, 0.1) is 5.92 Å². The van der Waals surface area contributed by atoms with Crippen molar-refractivity contribution in [1.82, 2.24) is 4.90 Å². The Morgan fingerprint density at radius 1 is 1.54 bits per heavy atom. The zero-order valence-electron chi connectivity index (χ0n) is 8.58. The molecule has 0 saturated carbocycles. The predicted octanol–water partition coefficient (Wildman–Crippen LogP) is 1.28. The van der Waals surface area contributed by atoms with Crippen molar-refractivity contribution in [3.05, 3.63) is 0 Å². The number of carbonyl (C=O) groups excluding carboxylic acids is 1. The van der Waals surface area contributed by atoms with Crippen LogP contribution in [0.25, 0.3) is 0 Å². The Morgan fingerprint density at radius 3 is 2.92 bits per heavy atom. The van der Waals surface area contributed by atoms with E-state index in [2.05, 4.69) is 11.8 Å². The molecule has 3 nitrogen and oxygen atoms in total. The van der Waals surface area contributed by atoms with Gasteiger partial charge in [-0.2, -0.15) is 0 Å². The van der Waals surface area contributed by atoms with Crippen molar-refractivity contribution in [2.45, 2.75) is 26.7 Å². The van der Waals surface area contributed by atoms with Crippen molar-refractivity contribution < 1.29 is 9.53 Å². The highest BCUT2D eigenvalue weighted by molar-refractivity contribution is 5.72. The van der Waals surface area contributed by atoms with Crippen molar-refractivity contribution >= 4 is 5.97 Å². The minimum atomic E-state index is -0.0133. The summed E-state index contributed by atoms with van der Waals surface area (Å²) < 4.78 is 5.01. The van der Waals surface area contributed by atoms with E-state index in [-0.39, 0.29) is 11.9 Å². The van der Waals surface area contributed by atoms with Gasteiger partial charge in [0.05, 0.1) is 12.5 Å². The second kappa shape index (κ2) is 5.22. The summed E-state index contributed by atoms with van der Waals surface area (Å²) in [6.45, 7) is 7.55. The van der Waals surface area contributed by atoms with Crippen LogP contribution in [0.5, 0.6) is 0 Å². The lowest BCUT2D eigenvalue weighted by Gasteiger charge is -2.30. The molecule has 1 aliphatic heterocycles. The molecule has 76 valence electrons. The van der Waals surface area contributed by atoms with Gasteiger partial charge < -0.3 is 9.64 Å². The minimum Gasteiger partial charge on any atom is -0.466 e. The SMILES string of the molecule is CCOC(=O)[C@H]1CCCN(CC)C1. The Balaban J connectivity index is 2.37. The third-order valence-electron chi connectivity index (χ3n) is 2.57. The van der Waals surface area contributed by atoms with Gasteiger partial charge in [0, 0.05) is 6.54 Å². The second-order valence-corrected chi connectivity index (χ2v) is 3.48. The van der Waals surface area contributed by atoms with Gasteiger partial charge in [-0.05, 0) is 32.9 Å². The molecular weight excluding hydrogens is 166 g/mol. The van der Waals surface area contributed by atoms with Crippen molar-refractivity contribution in [2.75, 3.05) is 26.2 Å². The van der Waals surface area contributed by atoms with Crippen LogP contribution >= 0.6 is 0 Å². The van der Waals surface area contributed by atoms with Crippen LogP contribution in [-0.2, 0) is 9.53 Å². The Hall–Kier alpha value is -0.570. The van der Waals surface area contributed by atoms with Gasteiger partial charge in [-0.1, -0.05) is 6.92 Å². The Morgan fingerprint density at radius 2 is 2.31 bits per heavy atom. The fourth-order valence-electron chi connectivity index (χ4n) is 1.80. The van der Waals surface area contributed by atoms with Gasteiger partial charge in [0.15, 0.2) is 0 Å². The number of carbonyl (C=O) groups is 1. The average molecular weight is 185 g/mol. The molecular formula is C10H19NO2. The topological polar surface area (TPSA) is 29.5 Å². The molecule has 0 amide bonds. The minimum absolute atomic E-state index is 0.0133. The van der Waals surface area contributed by atoms with E-state index >= 15 is 0 Å². The highest BCUT2D eigenvalue weighted by Crippen LogP contribution is 2.17. The summed E-state index contributed by atoms with van der Waals surface area (Å²) in [6, 6.07) is 0. The summed E-state index contributed by atoms with van der Waals surface area (Å²) in [7, 11) is 0. The van der Waals surface area contributed by atoms with E-state index in [0.717, 1.165) is 32.5 Å². The molecule has 1 atom stereocenters. The molecule has 1 aliphatic rings. The third-order valence-corrected chi connectivity index (χ3v) is 2.57. The van der Waals surface area contributed by atoms with E-state index in [1.165, 1.54) is 0 Å². The molecule has 0 aromatic rings. The predicted molar refractivity (Wildman–Crippen MR) is 51.5 cm³/mol. The second-order valence-electron chi connectivity index (χ2n) is 3.48. The van der Waals surface area contributed by atoms with Crippen LogP contribution in [0.1, 0.15) is 26.7 Å². The van der Waals surface area contributed by atoms with Gasteiger partial charge in [-0.3, -0.25) is 4.79 Å². The number of piperidine rings is 1. The summed E-state index contributed by atoms with van der Waals surface area (Å²) in [6.07, 6.45) is 2.12. The fraction of sp³-hybridized carbons (Fsp3) is 0.900. The molecule has 0 N–H and O–H groups in total. The number of rotatable bonds is 3. The molecule has 0 aromatic heterocycles. The first-order valence-corrected chi connectivity index (χ1v) is 5.16. The van der Waals surface area contributed by atoms with Crippen LogP contribution in [0.15, 0.2) is 0 Å². The van der Waals surface area contributed by atoms with E-state index in [0.29, 0.717) is 6.61 Å². The van der Waals surface area contributed by atoms with Crippen molar-refractivity contribution in [1.29, 1.82) is 0 Å². The van der Waals surface area contributed by atoms with Crippen LogP contribution in [0.3, 0.4) is 0 Å². The Kier molecular flexibility index (Phi) is 4.22. The maximum absolute atomic E-state index is 11.4. The van der Waals surface area contributed by atoms with Gasteiger partial charge in [-0.25, -0.2) is 0 Å². The lowest BCUT2D eigenvalue weighted by atomic mass is 9.98. The zero-order valence-corrected chi connectivity index (χ0v) is 8.58. The Bertz CT molecular complexity index is 170. The Labute approximate surface area is 80.1 Å². The first kappa shape index (κ1) is 10.5. The molecule has 0 unspecified atom stereocenters. The number of nitrogens with zero attached hydrogens (tertiary/aromatic N) is 1. The zero-order chi connectivity index (χ0) is 9.68. The largest absolute Gasteiger partial charge is 0.466 e. The molecule has 0 bridgehead atoms. The lowest BCUT2D eigenvalue weighted by Crippen LogP contribution is -2.39. The first-order valence-electron chi connectivity index (χ1n) is 5.16. The monoisotopic (exact) mass is 185 g/mol. The number of hydrogen-bond acceptors (Lipinski definition) is 3. The van der Waals surface area contributed by atoms with Crippen LogP contribution in [-0.4, -0.2) is 37.1 Å². The van der Waals surface area contributed by atoms with Crippen molar-refractivity contribution in [3.63, 3.8) is 0 Å². The maximum Gasteiger partial charge on any atom is 0.310 e. The quantitative estimate of drug-likeness (QED) is 0.620. The summed E-state index contributed by atoms with van der Waals surface area (Å²) in [5.74, 6) is 0.106. The van der Waals surface area contributed by atoms with Crippen LogP contribution < -0.4 is 0 Å². The van der Waals surface area contributed by atoms with Crippen molar-refractivity contribution in [3.8, 4) is 0 Å². The number of likely N-dealkylation sites (tertiary alicyclic amines) is 1. The molecule has 3 heteroatoms. The van der Waals surface area contributed by atoms with Gasteiger partial charge in [0.25, 0.3) is 0 Å². The van der Waals surface area contributed by atoms with Crippen LogP contribution in [0.2, 0.25) is 0 Å².